The van der Waals surface area contributed by atoms with Gasteiger partial charge in [0.1, 0.15) is 0 Å². The smallest absolute Gasteiger partial charge is 0.0457 e. The Hall–Kier alpha value is -0.480. The monoisotopic (exact) mass is 383 g/mol. The molecule has 0 bridgehead atoms. The second-order valence-corrected chi connectivity index (χ2v) is 7.25. The van der Waals surface area contributed by atoms with Crippen LogP contribution in [0.2, 0.25) is 5.02 Å². The number of rotatable bonds is 6. The summed E-state index contributed by atoms with van der Waals surface area (Å²) in [5, 5.41) is 4.26. The summed E-state index contributed by atoms with van der Waals surface area (Å²) in [5.41, 5.74) is 2.48. The van der Waals surface area contributed by atoms with E-state index >= 15 is 0 Å². The minimum Gasteiger partial charge on any atom is -0.310 e. The lowest BCUT2D eigenvalue weighted by Crippen LogP contribution is -2.17. The van der Waals surface area contributed by atoms with Crippen LogP contribution in [0.1, 0.15) is 31.0 Å². The quantitative estimate of drug-likeness (QED) is 0.607. The number of thioether (sulfide) groups is 1. The van der Waals surface area contributed by atoms with Gasteiger partial charge in [0.2, 0.25) is 0 Å². The van der Waals surface area contributed by atoms with Crippen molar-refractivity contribution in [2.45, 2.75) is 30.5 Å². The normalized spacial score (nSPS) is 12.4. The molecule has 0 aliphatic rings. The molecule has 4 heteroatoms. The molecule has 2 rings (SSSR count). The first kappa shape index (κ1) is 16.9. The van der Waals surface area contributed by atoms with E-state index in [0.29, 0.717) is 6.04 Å². The van der Waals surface area contributed by atoms with Crippen molar-refractivity contribution in [3.8, 4) is 0 Å². The van der Waals surface area contributed by atoms with E-state index in [4.69, 9.17) is 11.6 Å². The van der Waals surface area contributed by atoms with Gasteiger partial charge in [0, 0.05) is 26.2 Å². The highest BCUT2D eigenvalue weighted by molar-refractivity contribution is 9.10. The van der Waals surface area contributed by atoms with Crippen molar-refractivity contribution in [1.82, 2.24) is 5.32 Å². The van der Waals surface area contributed by atoms with Gasteiger partial charge in [-0.15, -0.1) is 11.8 Å². The Bertz CT molecular complexity index is 603. The third kappa shape index (κ3) is 5.03. The van der Waals surface area contributed by atoms with Crippen LogP contribution in [-0.4, -0.2) is 6.54 Å². The molecule has 1 atom stereocenters. The van der Waals surface area contributed by atoms with E-state index in [1.54, 1.807) is 0 Å². The third-order valence-corrected chi connectivity index (χ3v) is 5.17. The topological polar surface area (TPSA) is 12.0 Å². The van der Waals surface area contributed by atoms with Crippen molar-refractivity contribution in [3.63, 3.8) is 0 Å². The highest BCUT2D eigenvalue weighted by Crippen LogP contribution is 2.29. The molecule has 0 radical (unpaired) electrons. The highest BCUT2D eigenvalue weighted by Gasteiger charge is 2.06. The lowest BCUT2D eigenvalue weighted by molar-refractivity contribution is 0.597. The molecule has 2 aromatic rings. The zero-order valence-electron chi connectivity index (χ0n) is 12.2. The van der Waals surface area contributed by atoms with Gasteiger partial charge in [0.15, 0.2) is 0 Å². The summed E-state index contributed by atoms with van der Waals surface area (Å²) < 4.78 is 1.02. The molecule has 0 aliphatic carbocycles. The van der Waals surface area contributed by atoms with Gasteiger partial charge in [-0.25, -0.2) is 0 Å². The fourth-order valence-corrected chi connectivity index (χ4v) is 3.89. The van der Waals surface area contributed by atoms with E-state index in [0.717, 1.165) is 27.4 Å². The van der Waals surface area contributed by atoms with Crippen molar-refractivity contribution >= 4 is 39.3 Å². The fourth-order valence-electron chi connectivity index (χ4n) is 2.10. The summed E-state index contributed by atoms with van der Waals surface area (Å²) in [6, 6.07) is 15.1. The van der Waals surface area contributed by atoms with Crippen molar-refractivity contribution in [2.24, 2.45) is 0 Å². The van der Waals surface area contributed by atoms with Crippen molar-refractivity contribution in [3.05, 3.63) is 63.1 Å². The largest absolute Gasteiger partial charge is 0.310 e. The van der Waals surface area contributed by atoms with Crippen molar-refractivity contribution in [1.29, 1.82) is 0 Å². The molecule has 1 nitrogen and oxygen atoms in total. The lowest BCUT2D eigenvalue weighted by atomic mass is 10.1. The van der Waals surface area contributed by atoms with E-state index < -0.39 is 0 Å². The van der Waals surface area contributed by atoms with Crippen molar-refractivity contribution in [2.75, 3.05) is 6.54 Å². The summed E-state index contributed by atoms with van der Waals surface area (Å²) in [7, 11) is 0. The van der Waals surface area contributed by atoms with Crippen LogP contribution in [0.5, 0.6) is 0 Å². The van der Waals surface area contributed by atoms with Gasteiger partial charge < -0.3 is 5.32 Å². The van der Waals surface area contributed by atoms with Crippen LogP contribution >= 0.6 is 39.3 Å². The number of hydrogen-bond acceptors (Lipinski definition) is 2. The van der Waals surface area contributed by atoms with Gasteiger partial charge in [0.25, 0.3) is 0 Å². The Kier molecular flexibility index (Phi) is 6.62. The first-order valence-electron chi connectivity index (χ1n) is 7.00. The number of hydrogen-bond donors (Lipinski definition) is 1. The van der Waals surface area contributed by atoms with Crippen LogP contribution < -0.4 is 5.32 Å². The zero-order chi connectivity index (χ0) is 15.2. The van der Waals surface area contributed by atoms with Gasteiger partial charge in [-0.3, -0.25) is 0 Å². The Morgan fingerprint density at radius 1 is 1.24 bits per heavy atom. The predicted octanol–water partition coefficient (Wildman–Crippen LogP) is 6.07. The first-order chi connectivity index (χ1) is 10.1. The molecular weight excluding hydrogens is 366 g/mol. The second kappa shape index (κ2) is 8.23. The summed E-state index contributed by atoms with van der Waals surface area (Å²) in [6.07, 6.45) is 0. The summed E-state index contributed by atoms with van der Waals surface area (Å²) >= 11 is 11.5. The molecule has 0 saturated heterocycles. The molecule has 0 aliphatic heterocycles. The van der Waals surface area contributed by atoms with Crippen LogP contribution in [0.3, 0.4) is 0 Å². The standard InChI is InChI=1S/C17H19BrClNS/c1-3-20-12(2)13-5-4-6-16(9-13)21-11-14-7-8-15(18)10-17(14)19/h4-10,12,20H,3,11H2,1-2H3. The van der Waals surface area contributed by atoms with Crippen molar-refractivity contribution < 1.29 is 0 Å². The summed E-state index contributed by atoms with van der Waals surface area (Å²) in [6.45, 7) is 5.30. The van der Waals surface area contributed by atoms with Crippen LogP contribution in [0.25, 0.3) is 0 Å². The van der Waals surface area contributed by atoms with Crippen LogP contribution in [0.4, 0.5) is 0 Å². The Labute approximate surface area is 144 Å². The maximum atomic E-state index is 6.27. The molecule has 21 heavy (non-hydrogen) atoms. The van der Waals surface area contributed by atoms with Crippen LogP contribution in [0.15, 0.2) is 51.8 Å². The van der Waals surface area contributed by atoms with Gasteiger partial charge >= 0.3 is 0 Å². The number of nitrogens with one attached hydrogen (secondary N) is 1. The minimum absolute atomic E-state index is 0.381. The Morgan fingerprint density at radius 2 is 2.05 bits per heavy atom. The average Bonchev–Trinajstić information content (AvgIpc) is 2.47. The summed E-state index contributed by atoms with van der Waals surface area (Å²) in [4.78, 5) is 1.27. The molecule has 2 aromatic carbocycles. The first-order valence-corrected chi connectivity index (χ1v) is 9.16. The number of halogens is 2. The maximum absolute atomic E-state index is 6.27. The minimum atomic E-state index is 0.381. The second-order valence-electron chi connectivity index (χ2n) is 4.88. The summed E-state index contributed by atoms with van der Waals surface area (Å²) in [5.74, 6) is 0.880. The predicted molar refractivity (Wildman–Crippen MR) is 97.2 cm³/mol. The van der Waals surface area contributed by atoms with Gasteiger partial charge in [-0.1, -0.05) is 52.7 Å². The highest BCUT2D eigenvalue weighted by atomic mass is 79.9. The van der Waals surface area contributed by atoms with E-state index in [-0.39, 0.29) is 0 Å². The molecule has 112 valence electrons. The molecule has 1 unspecified atom stereocenters. The lowest BCUT2D eigenvalue weighted by Gasteiger charge is -2.14. The SMILES string of the molecule is CCNC(C)c1cccc(SCc2ccc(Br)cc2Cl)c1. The molecule has 0 aromatic heterocycles. The van der Waals surface area contributed by atoms with Gasteiger partial charge in [-0.2, -0.15) is 0 Å². The Morgan fingerprint density at radius 3 is 2.76 bits per heavy atom. The fraction of sp³-hybridized carbons (Fsp3) is 0.294. The molecule has 0 fully saturated rings. The van der Waals surface area contributed by atoms with Gasteiger partial charge in [-0.05, 0) is 48.9 Å². The third-order valence-electron chi connectivity index (χ3n) is 3.28. The average molecular weight is 385 g/mol. The molecular formula is C17H19BrClNS. The van der Waals surface area contributed by atoms with E-state index in [2.05, 4.69) is 65.4 Å². The molecule has 0 saturated carbocycles. The molecule has 0 spiro atoms. The Balaban J connectivity index is 2.04. The van der Waals surface area contributed by atoms with E-state index in [1.807, 2.05) is 23.9 Å². The number of benzene rings is 2. The van der Waals surface area contributed by atoms with Crippen LogP contribution in [0, 0.1) is 0 Å². The van der Waals surface area contributed by atoms with Gasteiger partial charge in [0.05, 0.1) is 0 Å². The molecule has 1 N–H and O–H groups in total. The molecule has 0 heterocycles. The van der Waals surface area contributed by atoms with E-state index in [9.17, 15) is 0 Å². The zero-order valence-corrected chi connectivity index (χ0v) is 15.4. The van der Waals surface area contributed by atoms with E-state index in [1.165, 1.54) is 10.5 Å². The maximum Gasteiger partial charge on any atom is 0.0457 e. The van der Waals surface area contributed by atoms with Crippen LogP contribution in [-0.2, 0) is 5.75 Å². The molecule has 0 amide bonds.